The number of halogens is 3. The molecular formula is C21H20F3N3O2S. The summed E-state index contributed by atoms with van der Waals surface area (Å²) in [6, 6.07) is 7.74. The zero-order chi connectivity index (χ0) is 21.5. The second-order valence-corrected chi connectivity index (χ2v) is 8.45. The first-order valence-corrected chi connectivity index (χ1v) is 10.5. The average molecular weight is 435 g/mol. The van der Waals surface area contributed by atoms with E-state index in [1.165, 1.54) is 27.1 Å². The Morgan fingerprint density at radius 3 is 2.70 bits per heavy atom. The molecule has 5 nitrogen and oxygen atoms in total. The summed E-state index contributed by atoms with van der Waals surface area (Å²) < 4.78 is 40.3. The number of likely N-dealkylation sites (tertiary alicyclic amines) is 1. The Labute approximate surface area is 174 Å². The first kappa shape index (κ1) is 20.6. The van der Waals surface area contributed by atoms with Gasteiger partial charge in [0, 0.05) is 24.0 Å². The summed E-state index contributed by atoms with van der Waals surface area (Å²) in [7, 11) is 0. The lowest BCUT2D eigenvalue weighted by Crippen LogP contribution is -2.46. The van der Waals surface area contributed by atoms with Gasteiger partial charge in [0.05, 0.1) is 17.6 Å². The molecule has 1 saturated heterocycles. The highest BCUT2D eigenvalue weighted by molar-refractivity contribution is 7.17. The van der Waals surface area contributed by atoms with Crippen LogP contribution < -0.4 is 5.56 Å². The fraction of sp³-hybridized carbons (Fsp3) is 0.381. The first-order chi connectivity index (χ1) is 14.2. The molecule has 0 radical (unpaired) electrons. The van der Waals surface area contributed by atoms with Crippen LogP contribution in [-0.4, -0.2) is 39.6 Å². The van der Waals surface area contributed by atoms with Crippen molar-refractivity contribution in [3.8, 4) is 11.1 Å². The maximum absolute atomic E-state index is 13.1. The van der Waals surface area contributed by atoms with Crippen molar-refractivity contribution in [1.82, 2.24) is 14.5 Å². The number of alkyl halides is 3. The van der Waals surface area contributed by atoms with Crippen LogP contribution in [0.3, 0.4) is 0 Å². The minimum atomic E-state index is -4.32. The van der Waals surface area contributed by atoms with Crippen LogP contribution in [0.5, 0.6) is 0 Å². The molecule has 2 aromatic heterocycles. The van der Waals surface area contributed by atoms with Crippen LogP contribution in [0.1, 0.15) is 18.4 Å². The van der Waals surface area contributed by atoms with Crippen LogP contribution in [-0.2, 0) is 11.3 Å². The smallest absolute Gasteiger partial charge is 0.341 e. The predicted octanol–water partition coefficient (Wildman–Crippen LogP) is 4.23. The van der Waals surface area contributed by atoms with Gasteiger partial charge in [-0.3, -0.25) is 14.2 Å². The van der Waals surface area contributed by atoms with E-state index in [1.54, 1.807) is 0 Å². The number of rotatable bonds is 3. The number of aryl methyl sites for hydroxylation is 1. The molecule has 1 aliphatic heterocycles. The topological polar surface area (TPSA) is 55.2 Å². The zero-order valence-corrected chi connectivity index (χ0v) is 17.1. The van der Waals surface area contributed by atoms with Crippen LogP contribution in [0, 0.1) is 12.8 Å². The third kappa shape index (κ3) is 3.98. The molecule has 0 N–H and O–H groups in total. The fourth-order valence-corrected chi connectivity index (χ4v) is 4.65. The van der Waals surface area contributed by atoms with Crippen LogP contribution >= 0.6 is 11.3 Å². The highest BCUT2D eigenvalue weighted by Gasteiger charge is 2.42. The van der Waals surface area contributed by atoms with Crippen LogP contribution in [0.2, 0.25) is 0 Å². The predicted molar refractivity (Wildman–Crippen MR) is 109 cm³/mol. The Morgan fingerprint density at radius 1 is 1.27 bits per heavy atom. The molecule has 1 amide bonds. The Kier molecular flexibility index (Phi) is 5.40. The Hall–Kier alpha value is -2.68. The van der Waals surface area contributed by atoms with Gasteiger partial charge in [-0.05, 0) is 25.3 Å². The van der Waals surface area contributed by atoms with E-state index in [9.17, 15) is 22.8 Å². The summed E-state index contributed by atoms with van der Waals surface area (Å²) in [6.45, 7) is 1.55. The normalized spacial score (nSPS) is 17.5. The highest BCUT2D eigenvalue weighted by Crippen LogP contribution is 2.33. The molecule has 0 bridgehead atoms. The number of fused-ring (bicyclic) bond motifs is 1. The van der Waals surface area contributed by atoms with E-state index in [2.05, 4.69) is 4.98 Å². The number of nitrogens with zero attached hydrogens (tertiary/aromatic N) is 3. The summed E-state index contributed by atoms with van der Waals surface area (Å²) in [5, 5.41) is 2.28. The molecule has 4 rings (SSSR count). The van der Waals surface area contributed by atoms with Crippen molar-refractivity contribution < 1.29 is 18.0 Å². The largest absolute Gasteiger partial charge is 0.393 e. The minimum absolute atomic E-state index is 0.0234. The van der Waals surface area contributed by atoms with Gasteiger partial charge in [0.15, 0.2) is 0 Å². The number of amides is 1. The van der Waals surface area contributed by atoms with E-state index in [0.717, 1.165) is 16.7 Å². The number of thiophene rings is 1. The lowest BCUT2D eigenvalue weighted by atomic mass is 9.97. The van der Waals surface area contributed by atoms with Gasteiger partial charge in [0.1, 0.15) is 11.4 Å². The van der Waals surface area contributed by atoms with Gasteiger partial charge in [0.25, 0.3) is 5.56 Å². The molecule has 1 atom stereocenters. The third-order valence-corrected chi connectivity index (χ3v) is 6.35. The number of benzene rings is 1. The SMILES string of the molecule is Cc1ccc(-c2csc3ncn(CC(=O)N4CCC[C@H](C(F)(F)F)C4)c(=O)c23)cc1. The first-order valence-electron chi connectivity index (χ1n) is 9.62. The van der Waals surface area contributed by atoms with Crippen molar-refractivity contribution in [2.45, 2.75) is 32.5 Å². The van der Waals surface area contributed by atoms with Gasteiger partial charge in [-0.1, -0.05) is 29.8 Å². The van der Waals surface area contributed by atoms with Crippen LogP contribution in [0.15, 0.2) is 40.8 Å². The maximum Gasteiger partial charge on any atom is 0.393 e. The van der Waals surface area contributed by atoms with Gasteiger partial charge in [-0.25, -0.2) is 4.98 Å². The van der Waals surface area contributed by atoms with Crippen molar-refractivity contribution in [3.05, 3.63) is 51.9 Å². The van der Waals surface area contributed by atoms with E-state index in [4.69, 9.17) is 0 Å². The Morgan fingerprint density at radius 2 is 2.00 bits per heavy atom. The highest BCUT2D eigenvalue weighted by atomic mass is 32.1. The third-order valence-electron chi connectivity index (χ3n) is 5.47. The average Bonchev–Trinajstić information content (AvgIpc) is 3.15. The summed E-state index contributed by atoms with van der Waals surface area (Å²) >= 11 is 1.34. The summed E-state index contributed by atoms with van der Waals surface area (Å²) in [4.78, 5) is 31.8. The van der Waals surface area contributed by atoms with Crippen molar-refractivity contribution in [2.75, 3.05) is 13.1 Å². The lowest BCUT2D eigenvalue weighted by Gasteiger charge is -2.33. The van der Waals surface area contributed by atoms with E-state index in [0.29, 0.717) is 16.6 Å². The summed E-state index contributed by atoms with van der Waals surface area (Å²) in [5.41, 5.74) is 2.34. The zero-order valence-electron chi connectivity index (χ0n) is 16.3. The quantitative estimate of drug-likeness (QED) is 0.619. The number of hydrogen-bond acceptors (Lipinski definition) is 4. The number of piperidine rings is 1. The molecule has 158 valence electrons. The number of carbonyl (C=O) groups excluding carboxylic acids is 1. The van der Waals surface area contributed by atoms with Crippen molar-refractivity contribution >= 4 is 27.5 Å². The molecule has 30 heavy (non-hydrogen) atoms. The van der Waals surface area contributed by atoms with Crippen LogP contribution in [0.25, 0.3) is 21.3 Å². The standard InChI is InChI=1S/C21H20F3N3O2S/c1-13-4-6-14(7-5-13)16-11-30-19-18(16)20(29)27(12-25-19)10-17(28)26-8-2-3-15(9-26)21(22,23)24/h4-7,11-12,15H,2-3,8-10H2,1H3/t15-/m0/s1. The van der Waals surface area contributed by atoms with E-state index in [-0.39, 0.29) is 31.6 Å². The van der Waals surface area contributed by atoms with Gasteiger partial charge in [-0.2, -0.15) is 13.2 Å². The lowest BCUT2D eigenvalue weighted by molar-refractivity contribution is -0.188. The van der Waals surface area contributed by atoms with Crippen molar-refractivity contribution in [1.29, 1.82) is 0 Å². The van der Waals surface area contributed by atoms with Gasteiger partial charge in [0.2, 0.25) is 5.91 Å². The number of hydrogen-bond donors (Lipinski definition) is 0. The minimum Gasteiger partial charge on any atom is -0.341 e. The molecule has 1 aliphatic rings. The second-order valence-electron chi connectivity index (χ2n) is 7.59. The molecule has 1 fully saturated rings. The van der Waals surface area contributed by atoms with E-state index < -0.39 is 18.0 Å². The maximum atomic E-state index is 13.1. The van der Waals surface area contributed by atoms with Gasteiger partial charge >= 0.3 is 6.18 Å². The molecule has 0 unspecified atom stereocenters. The van der Waals surface area contributed by atoms with Crippen molar-refractivity contribution in [2.24, 2.45) is 5.92 Å². The molecule has 0 aliphatic carbocycles. The molecule has 1 aromatic carbocycles. The molecule has 3 aromatic rings. The summed E-state index contributed by atoms with van der Waals surface area (Å²) in [6.07, 6.45) is -2.71. The van der Waals surface area contributed by atoms with Gasteiger partial charge in [-0.15, -0.1) is 11.3 Å². The van der Waals surface area contributed by atoms with Crippen molar-refractivity contribution in [3.63, 3.8) is 0 Å². The fourth-order valence-electron chi connectivity index (χ4n) is 3.74. The number of carbonyl (C=O) groups is 1. The molecule has 0 spiro atoms. The monoisotopic (exact) mass is 435 g/mol. The number of aromatic nitrogens is 2. The second kappa shape index (κ2) is 7.86. The summed E-state index contributed by atoms with van der Waals surface area (Å²) in [5.74, 6) is -2.02. The molecule has 0 saturated carbocycles. The molecule has 3 heterocycles. The molecule has 9 heteroatoms. The van der Waals surface area contributed by atoms with E-state index in [1.807, 2.05) is 36.6 Å². The van der Waals surface area contributed by atoms with E-state index >= 15 is 0 Å². The Bertz CT molecular complexity index is 1140. The van der Waals surface area contributed by atoms with Gasteiger partial charge < -0.3 is 4.90 Å². The molecular weight excluding hydrogens is 415 g/mol. The van der Waals surface area contributed by atoms with Crippen LogP contribution in [0.4, 0.5) is 13.2 Å². The Balaban J connectivity index is 1.61.